The standard InChI is InChI=1S/C11H13NO2/c1-6-4-7-2-3-10(12)9(7)5-8(6)11(13)14/h4-5,10H,2-3,12H2,1H3,(H,13,14)/t10-/m0/s1. The zero-order valence-corrected chi connectivity index (χ0v) is 8.08. The minimum atomic E-state index is -0.871. The van der Waals surface area contributed by atoms with E-state index in [1.54, 1.807) is 6.07 Å². The quantitative estimate of drug-likeness (QED) is 0.709. The van der Waals surface area contributed by atoms with Gasteiger partial charge in [0.05, 0.1) is 5.56 Å². The average Bonchev–Trinajstić information content (AvgIpc) is 2.46. The maximum Gasteiger partial charge on any atom is 0.335 e. The fraction of sp³-hybridized carbons (Fsp3) is 0.364. The summed E-state index contributed by atoms with van der Waals surface area (Å²) in [5.41, 5.74) is 9.29. The highest BCUT2D eigenvalue weighted by molar-refractivity contribution is 5.89. The first kappa shape index (κ1) is 9.21. The van der Waals surface area contributed by atoms with E-state index in [-0.39, 0.29) is 6.04 Å². The van der Waals surface area contributed by atoms with Crippen LogP contribution in [-0.2, 0) is 6.42 Å². The maximum absolute atomic E-state index is 10.9. The summed E-state index contributed by atoms with van der Waals surface area (Å²) in [6.07, 6.45) is 1.90. The average molecular weight is 191 g/mol. The molecule has 3 nitrogen and oxygen atoms in total. The van der Waals surface area contributed by atoms with Crippen molar-refractivity contribution in [1.29, 1.82) is 0 Å². The lowest BCUT2D eigenvalue weighted by Gasteiger charge is -2.08. The molecule has 1 aliphatic rings. The molecule has 2 rings (SSSR count). The molecule has 1 atom stereocenters. The molecule has 0 saturated carbocycles. The van der Waals surface area contributed by atoms with Crippen LogP contribution in [0.1, 0.15) is 39.5 Å². The van der Waals surface area contributed by atoms with Crippen molar-refractivity contribution in [3.63, 3.8) is 0 Å². The summed E-state index contributed by atoms with van der Waals surface area (Å²) >= 11 is 0. The molecule has 0 amide bonds. The molecular weight excluding hydrogens is 178 g/mol. The normalized spacial score (nSPS) is 19.4. The summed E-state index contributed by atoms with van der Waals surface area (Å²) in [7, 11) is 0. The van der Waals surface area contributed by atoms with Crippen LogP contribution in [0.25, 0.3) is 0 Å². The number of nitrogens with two attached hydrogens (primary N) is 1. The number of aromatic carboxylic acids is 1. The molecule has 14 heavy (non-hydrogen) atoms. The van der Waals surface area contributed by atoms with E-state index in [4.69, 9.17) is 10.8 Å². The maximum atomic E-state index is 10.9. The largest absolute Gasteiger partial charge is 0.478 e. The molecular formula is C11H13NO2. The predicted octanol–water partition coefficient (Wildman–Crippen LogP) is 1.64. The Bertz CT molecular complexity index is 399. The Morgan fingerprint density at radius 3 is 2.93 bits per heavy atom. The van der Waals surface area contributed by atoms with Crippen LogP contribution < -0.4 is 5.73 Å². The summed E-state index contributed by atoms with van der Waals surface area (Å²) in [4.78, 5) is 10.9. The number of hydrogen-bond donors (Lipinski definition) is 2. The molecule has 0 fully saturated rings. The van der Waals surface area contributed by atoms with Crippen molar-refractivity contribution in [1.82, 2.24) is 0 Å². The highest BCUT2D eigenvalue weighted by atomic mass is 16.4. The van der Waals surface area contributed by atoms with Gasteiger partial charge in [-0.25, -0.2) is 4.79 Å². The molecule has 3 heteroatoms. The van der Waals surface area contributed by atoms with Gasteiger partial charge in [-0.1, -0.05) is 6.07 Å². The molecule has 0 aromatic heterocycles. The molecule has 1 aliphatic carbocycles. The van der Waals surface area contributed by atoms with Gasteiger partial charge in [0.2, 0.25) is 0 Å². The summed E-state index contributed by atoms with van der Waals surface area (Å²) < 4.78 is 0. The summed E-state index contributed by atoms with van der Waals surface area (Å²) in [5.74, 6) is -0.871. The van der Waals surface area contributed by atoms with Crippen molar-refractivity contribution >= 4 is 5.97 Å². The van der Waals surface area contributed by atoms with E-state index in [9.17, 15) is 4.79 Å². The Kier molecular flexibility index (Phi) is 2.04. The molecule has 0 saturated heterocycles. The third kappa shape index (κ3) is 1.30. The number of hydrogen-bond acceptors (Lipinski definition) is 2. The van der Waals surface area contributed by atoms with Crippen LogP contribution in [0.15, 0.2) is 12.1 Å². The van der Waals surface area contributed by atoms with Crippen LogP contribution in [-0.4, -0.2) is 11.1 Å². The summed E-state index contributed by atoms with van der Waals surface area (Å²) in [5, 5.41) is 8.94. The molecule has 0 aliphatic heterocycles. The predicted molar refractivity (Wildman–Crippen MR) is 53.4 cm³/mol. The fourth-order valence-corrected chi connectivity index (χ4v) is 2.04. The number of carboxylic acids is 1. The Hall–Kier alpha value is -1.35. The van der Waals surface area contributed by atoms with Crippen molar-refractivity contribution in [3.05, 3.63) is 34.4 Å². The second kappa shape index (κ2) is 3.10. The van der Waals surface area contributed by atoms with Gasteiger partial charge in [-0.2, -0.15) is 0 Å². The second-order valence-electron chi connectivity index (χ2n) is 3.82. The van der Waals surface area contributed by atoms with E-state index in [1.165, 1.54) is 5.56 Å². The SMILES string of the molecule is Cc1cc2c(cc1C(=O)O)[C@@H](N)CC2. The molecule has 3 N–H and O–H groups in total. The molecule has 0 bridgehead atoms. The number of carboxylic acid groups (broad SMARTS) is 1. The highest BCUT2D eigenvalue weighted by Crippen LogP contribution is 2.31. The van der Waals surface area contributed by atoms with E-state index in [0.717, 1.165) is 24.0 Å². The van der Waals surface area contributed by atoms with Crippen molar-refractivity contribution in [2.45, 2.75) is 25.8 Å². The topological polar surface area (TPSA) is 63.3 Å². The van der Waals surface area contributed by atoms with Gasteiger partial charge in [0.15, 0.2) is 0 Å². The molecule has 0 heterocycles. The monoisotopic (exact) mass is 191 g/mol. The van der Waals surface area contributed by atoms with Crippen molar-refractivity contribution in [2.75, 3.05) is 0 Å². The van der Waals surface area contributed by atoms with Crippen LogP contribution in [0.2, 0.25) is 0 Å². The van der Waals surface area contributed by atoms with E-state index < -0.39 is 5.97 Å². The Morgan fingerprint density at radius 2 is 2.29 bits per heavy atom. The molecule has 0 radical (unpaired) electrons. The van der Waals surface area contributed by atoms with Crippen molar-refractivity contribution < 1.29 is 9.90 Å². The minimum absolute atomic E-state index is 0.0173. The Morgan fingerprint density at radius 1 is 1.57 bits per heavy atom. The number of benzene rings is 1. The second-order valence-corrected chi connectivity index (χ2v) is 3.82. The van der Waals surface area contributed by atoms with Gasteiger partial charge >= 0.3 is 5.97 Å². The minimum Gasteiger partial charge on any atom is -0.478 e. The van der Waals surface area contributed by atoms with Gasteiger partial charge in [0, 0.05) is 6.04 Å². The van der Waals surface area contributed by atoms with E-state index in [1.807, 2.05) is 13.0 Å². The first-order valence-corrected chi connectivity index (χ1v) is 4.72. The van der Waals surface area contributed by atoms with Crippen LogP contribution in [0.5, 0.6) is 0 Å². The fourth-order valence-electron chi connectivity index (χ4n) is 2.04. The first-order valence-electron chi connectivity index (χ1n) is 4.72. The Balaban J connectivity index is 2.57. The highest BCUT2D eigenvalue weighted by Gasteiger charge is 2.21. The van der Waals surface area contributed by atoms with Gasteiger partial charge in [-0.3, -0.25) is 0 Å². The molecule has 74 valence electrons. The smallest absolute Gasteiger partial charge is 0.335 e. The van der Waals surface area contributed by atoms with Gasteiger partial charge in [0.25, 0.3) is 0 Å². The lowest BCUT2D eigenvalue weighted by Crippen LogP contribution is -2.08. The summed E-state index contributed by atoms with van der Waals surface area (Å²) in [6, 6.07) is 3.69. The van der Waals surface area contributed by atoms with E-state index in [2.05, 4.69) is 0 Å². The lowest BCUT2D eigenvalue weighted by molar-refractivity contribution is 0.0696. The van der Waals surface area contributed by atoms with E-state index >= 15 is 0 Å². The summed E-state index contributed by atoms with van der Waals surface area (Å²) in [6.45, 7) is 1.83. The third-order valence-electron chi connectivity index (χ3n) is 2.84. The third-order valence-corrected chi connectivity index (χ3v) is 2.84. The van der Waals surface area contributed by atoms with Gasteiger partial charge in [-0.05, 0) is 42.5 Å². The molecule has 0 spiro atoms. The van der Waals surface area contributed by atoms with Crippen LogP contribution in [0.4, 0.5) is 0 Å². The van der Waals surface area contributed by atoms with E-state index in [0.29, 0.717) is 5.56 Å². The number of rotatable bonds is 1. The van der Waals surface area contributed by atoms with Crippen molar-refractivity contribution in [3.8, 4) is 0 Å². The molecule has 1 aromatic rings. The van der Waals surface area contributed by atoms with Crippen LogP contribution in [0, 0.1) is 6.92 Å². The number of fused-ring (bicyclic) bond motifs is 1. The van der Waals surface area contributed by atoms with Gasteiger partial charge in [0.1, 0.15) is 0 Å². The van der Waals surface area contributed by atoms with Gasteiger partial charge < -0.3 is 10.8 Å². The molecule has 0 unspecified atom stereocenters. The zero-order valence-electron chi connectivity index (χ0n) is 8.08. The van der Waals surface area contributed by atoms with Crippen LogP contribution >= 0.6 is 0 Å². The number of aryl methyl sites for hydroxylation is 2. The van der Waals surface area contributed by atoms with Crippen LogP contribution in [0.3, 0.4) is 0 Å². The van der Waals surface area contributed by atoms with Gasteiger partial charge in [-0.15, -0.1) is 0 Å². The number of carbonyl (C=O) groups is 1. The van der Waals surface area contributed by atoms with Crippen molar-refractivity contribution in [2.24, 2.45) is 5.73 Å². The molecule has 1 aromatic carbocycles. The Labute approximate surface area is 82.5 Å². The first-order chi connectivity index (χ1) is 6.59. The zero-order chi connectivity index (χ0) is 10.3. The lowest BCUT2D eigenvalue weighted by atomic mass is 10.00.